The van der Waals surface area contributed by atoms with E-state index >= 15 is 0 Å². The van der Waals surface area contributed by atoms with Gasteiger partial charge in [0.2, 0.25) is 0 Å². The van der Waals surface area contributed by atoms with Crippen molar-refractivity contribution >= 4 is 5.69 Å². The maximum atomic E-state index is 4.08. The van der Waals surface area contributed by atoms with Gasteiger partial charge < -0.3 is 4.90 Å². The molecule has 1 saturated heterocycles. The summed E-state index contributed by atoms with van der Waals surface area (Å²) in [6.45, 7) is 4.31. The van der Waals surface area contributed by atoms with Crippen LogP contribution in [0.3, 0.4) is 0 Å². The maximum Gasteiger partial charge on any atom is 0.198 e. The average Bonchev–Trinajstić information content (AvgIpc) is 2.20. The van der Waals surface area contributed by atoms with E-state index in [-0.39, 0.29) is 0 Å². The molecule has 0 aromatic carbocycles. The van der Waals surface area contributed by atoms with Crippen molar-refractivity contribution < 1.29 is 0 Å². The second-order valence-electron chi connectivity index (χ2n) is 3.49. The molecule has 69 valence electrons. The van der Waals surface area contributed by atoms with Crippen molar-refractivity contribution in [3.05, 3.63) is 18.2 Å². The Morgan fingerprint density at radius 2 is 2.08 bits per heavy atom. The first-order valence-electron chi connectivity index (χ1n) is 4.82. The Morgan fingerprint density at radius 3 is 2.77 bits per heavy atom. The Hall–Kier alpha value is -1.12. The molecule has 0 bridgehead atoms. The van der Waals surface area contributed by atoms with Crippen molar-refractivity contribution in [3.63, 3.8) is 0 Å². The van der Waals surface area contributed by atoms with Gasteiger partial charge in [-0.3, -0.25) is 0 Å². The van der Waals surface area contributed by atoms with Gasteiger partial charge in [0, 0.05) is 13.1 Å². The maximum absolute atomic E-state index is 4.08. The molecular formula is C10H14N3. The van der Waals surface area contributed by atoms with Crippen LogP contribution in [0.2, 0.25) is 0 Å². The van der Waals surface area contributed by atoms with Gasteiger partial charge in [0.05, 0.1) is 17.6 Å². The number of aromatic nitrogens is 2. The normalized spacial score (nSPS) is 17.5. The van der Waals surface area contributed by atoms with E-state index in [0.717, 1.165) is 18.8 Å². The molecule has 13 heavy (non-hydrogen) atoms. The monoisotopic (exact) mass is 176 g/mol. The van der Waals surface area contributed by atoms with Crippen LogP contribution in [0.4, 0.5) is 5.69 Å². The van der Waals surface area contributed by atoms with Crippen molar-refractivity contribution in [1.82, 2.24) is 9.97 Å². The van der Waals surface area contributed by atoms with Gasteiger partial charge in [-0.1, -0.05) is 0 Å². The Morgan fingerprint density at radius 1 is 1.31 bits per heavy atom. The van der Waals surface area contributed by atoms with E-state index in [4.69, 9.17) is 0 Å². The highest BCUT2D eigenvalue weighted by Crippen LogP contribution is 2.20. The minimum absolute atomic E-state index is 1.04. The molecule has 0 spiro atoms. The van der Waals surface area contributed by atoms with Crippen molar-refractivity contribution in [1.29, 1.82) is 0 Å². The van der Waals surface area contributed by atoms with Crippen molar-refractivity contribution in [3.8, 4) is 0 Å². The summed E-state index contributed by atoms with van der Waals surface area (Å²) in [5.41, 5.74) is 2.22. The van der Waals surface area contributed by atoms with Gasteiger partial charge in [0.15, 0.2) is 6.33 Å². The molecule has 1 fully saturated rings. The molecule has 3 heteroatoms. The van der Waals surface area contributed by atoms with Crippen LogP contribution >= 0.6 is 0 Å². The lowest BCUT2D eigenvalue weighted by Gasteiger charge is -2.28. The quantitative estimate of drug-likeness (QED) is 0.650. The average molecular weight is 176 g/mol. The van der Waals surface area contributed by atoms with Gasteiger partial charge in [-0.2, -0.15) is 0 Å². The van der Waals surface area contributed by atoms with Gasteiger partial charge >= 0.3 is 0 Å². The Bertz CT molecular complexity index is 279. The van der Waals surface area contributed by atoms with E-state index in [1.165, 1.54) is 24.9 Å². The molecular weight excluding hydrogens is 162 g/mol. The standard InChI is InChI=1S/C10H14N3/c1-9-10(7-11-8-12-9)13-5-3-2-4-6-13/h7H,2-6H2,1H3. The zero-order chi connectivity index (χ0) is 9.10. The van der Waals surface area contributed by atoms with Crippen molar-refractivity contribution in [2.24, 2.45) is 0 Å². The third-order valence-corrected chi connectivity index (χ3v) is 2.53. The smallest absolute Gasteiger partial charge is 0.198 e. The molecule has 0 N–H and O–H groups in total. The highest BCUT2D eigenvalue weighted by atomic mass is 15.1. The molecule has 2 heterocycles. The Labute approximate surface area is 78.8 Å². The summed E-state index contributed by atoms with van der Waals surface area (Å²) in [7, 11) is 0. The topological polar surface area (TPSA) is 29.0 Å². The second-order valence-corrected chi connectivity index (χ2v) is 3.49. The molecule has 1 aromatic heterocycles. The minimum Gasteiger partial charge on any atom is -0.369 e. The van der Waals surface area contributed by atoms with Crippen LogP contribution in [0, 0.1) is 13.3 Å². The summed E-state index contributed by atoms with van der Waals surface area (Å²) in [4.78, 5) is 10.4. The molecule has 1 radical (unpaired) electrons. The molecule has 0 amide bonds. The van der Waals surface area contributed by atoms with Gasteiger partial charge in [0.25, 0.3) is 0 Å². The molecule has 1 aromatic rings. The molecule has 0 unspecified atom stereocenters. The third kappa shape index (κ3) is 1.79. The van der Waals surface area contributed by atoms with Crippen LogP contribution in [0.15, 0.2) is 6.20 Å². The molecule has 1 aliphatic rings. The first-order chi connectivity index (χ1) is 6.38. The highest BCUT2D eigenvalue weighted by Gasteiger charge is 2.12. The SMILES string of the molecule is Cc1n[c]ncc1N1CCCCC1. The van der Waals surface area contributed by atoms with Gasteiger partial charge in [-0.25, -0.2) is 9.97 Å². The molecule has 0 saturated carbocycles. The zero-order valence-electron chi connectivity index (χ0n) is 7.95. The fourth-order valence-electron chi connectivity index (χ4n) is 1.79. The van der Waals surface area contributed by atoms with Crippen molar-refractivity contribution in [2.75, 3.05) is 18.0 Å². The van der Waals surface area contributed by atoms with Crippen LogP contribution in [0.1, 0.15) is 25.0 Å². The lowest BCUT2D eigenvalue weighted by Crippen LogP contribution is -2.30. The van der Waals surface area contributed by atoms with E-state index in [9.17, 15) is 0 Å². The first kappa shape index (κ1) is 8.48. The molecule has 0 aliphatic carbocycles. The van der Waals surface area contributed by atoms with E-state index in [1.807, 2.05) is 13.1 Å². The number of piperidine rings is 1. The van der Waals surface area contributed by atoms with E-state index in [2.05, 4.69) is 21.2 Å². The fourth-order valence-corrected chi connectivity index (χ4v) is 1.79. The predicted molar refractivity (Wildman–Crippen MR) is 51.7 cm³/mol. The van der Waals surface area contributed by atoms with Crippen LogP contribution < -0.4 is 4.90 Å². The summed E-state index contributed by atoms with van der Waals surface area (Å²) in [6, 6.07) is 0. The summed E-state index contributed by atoms with van der Waals surface area (Å²) in [5.74, 6) is 0. The molecule has 2 rings (SSSR count). The lowest BCUT2D eigenvalue weighted by molar-refractivity contribution is 0.575. The van der Waals surface area contributed by atoms with Crippen LogP contribution in [0.5, 0.6) is 0 Å². The third-order valence-electron chi connectivity index (χ3n) is 2.53. The summed E-state index contributed by atoms with van der Waals surface area (Å²) >= 11 is 0. The number of hydrogen-bond donors (Lipinski definition) is 0. The number of hydrogen-bond acceptors (Lipinski definition) is 3. The Kier molecular flexibility index (Phi) is 2.43. The van der Waals surface area contributed by atoms with Crippen LogP contribution in [0.25, 0.3) is 0 Å². The first-order valence-corrected chi connectivity index (χ1v) is 4.82. The second kappa shape index (κ2) is 3.73. The van der Waals surface area contributed by atoms with Crippen molar-refractivity contribution in [2.45, 2.75) is 26.2 Å². The fraction of sp³-hybridized carbons (Fsp3) is 0.600. The largest absolute Gasteiger partial charge is 0.369 e. The number of aryl methyl sites for hydroxylation is 1. The lowest BCUT2D eigenvalue weighted by atomic mass is 10.1. The van der Waals surface area contributed by atoms with Crippen LogP contribution in [-0.4, -0.2) is 23.1 Å². The van der Waals surface area contributed by atoms with Gasteiger partial charge in [-0.05, 0) is 26.2 Å². The molecule has 1 aliphatic heterocycles. The number of nitrogens with zero attached hydrogens (tertiary/aromatic N) is 3. The highest BCUT2D eigenvalue weighted by molar-refractivity contribution is 5.47. The summed E-state index contributed by atoms with van der Waals surface area (Å²) in [5, 5.41) is 0. The Balaban J connectivity index is 2.18. The summed E-state index contributed by atoms with van der Waals surface area (Å²) < 4.78 is 0. The van der Waals surface area contributed by atoms with Gasteiger partial charge in [0.1, 0.15) is 0 Å². The number of rotatable bonds is 1. The molecule has 3 nitrogen and oxygen atoms in total. The zero-order valence-corrected chi connectivity index (χ0v) is 7.95. The summed E-state index contributed by atoms with van der Waals surface area (Å²) in [6.07, 6.45) is 8.42. The van der Waals surface area contributed by atoms with Gasteiger partial charge in [-0.15, -0.1) is 0 Å². The van der Waals surface area contributed by atoms with E-state index in [1.54, 1.807) is 0 Å². The molecule has 0 atom stereocenters. The van der Waals surface area contributed by atoms with E-state index in [0.29, 0.717) is 0 Å². The predicted octanol–water partition coefficient (Wildman–Crippen LogP) is 1.58. The number of anilines is 1. The van der Waals surface area contributed by atoms with Crippen LogP contribution in [-0.2, 0) is 0 Å². The minimum atomic E-state index is 1.04. The van der Waals surface area contributed by atoms with E-state index < -0.39 is 0 Å².